The van der Waals surface area contributed by atoms with Gasteiger partial charge in [-0.2, -0.15) is 0 Å². The summed E-state index contributed by atoms with van der Waals surface area (Å²) >= 11 is 0. The van der Waals surface area contributed by atoms with Crippen LogP contribution in [-0.2, 0) is 20.9 Å². The lowest BCUT2D eigenvalue weighted by molar-refractivity contribution is -0.153. The van der Waals surface area contributed by atoms with Gasteiger partial charge in [-0.3, -0.25) is 9.59 Å². The van der Waals surface area contributed by atoms with Gasteiger partial charge in [-0.1, -0.05) is 24.3 Å². The van der Waals surface area contributed by atoms with Gasteiger partial charge in [0.25, 0.3) is 5.91 Å². The summed E-state index contributed by atoms with van der Waals surface area (Å²) in [5.41, 5.74) is 0.791. The van der Waals surface area contributed by atoms with E-state index in [1.165, 1.54) is 12.1 Å². The second kappa shape index (κ2) is 6.30. The fourth-order valence-corrected chi connectivity index (χ4v) is 3.15. The average Bonchev–Trinajstić information content (AvgIpc) is 3.15. The molecule has 3 rings (SSSR count). The number of halogens is 1. The number of rotatable bonds is 5. The Labute approximate surface area is 128 Å². The lowest BCUT2D eigenvalue weighted by Crippen LogP contribution is -2.30. The highest BCUT2D eigenvalue weighted by atomic mass is 19.1. The number of esters is 1. The zero-order valence-corrected chi connectivity index (χ0v) is 12.1. The maximum Gasteiger partial charge on any atom is 0.310 e. The molecule has 2 bridgehead atoms. The van der Waals surface area contributed by atoms with Crippen molar-refractivity contribution in [3.05, 3.63) is 47.8 Å². The van der Waals surface area contributed by atoms with Crippen molar-refractivity contribution >= 4 is 11.9 Å². The zero-order valence-electron chi connectivity index (χ0n) is 12.1. The molecular formula is C17H18FNO3. The minimum Gasteiger partial charge on any atom is -0.455 e. The van der Waals surface area contributed by atoms with Gasteiger partial charge in [0, 0.05) is 6.54 Å². The molecule has 5 heteroatoms. The summed E-state index contributed by atoms with van der Waals surface area (Å²) in [6.07, 6.45) is 6.09. The van der Waals surface area contributed by atoms with E-state index in [-0.39, 0.29) is 42.7 Å². The van der Waals surface area contributed by atoms with Gasteiger partial charge in [-0.15, -0.1) is 0 Å². The highest BCUT2D eigenvalue weighted by Crippen LogP contribution is 2.43. The van der Waals surface area contributed by atoms with Gasteiger partial charge in [0.1, 0.15) is 5.82 Å². The SMILES string of the molecule is O=C(COC(=O)[C@@H]1C[C@@H]2C=C[C@H]1C2)NCc1ccc(F)cc1. The van der Waals surface area contributed by atoms with Crippen LogP contribution in [0.5, 0.6) is 0 Å². The van der Waals surface area contributed by atoms with E-state index < -0.39 is 0 Å². The van der Waals surface area contributed by atoms with Crippen molar-refractivity contribution in [2.24, 2.45) is 17.8 Å². The van der Waals surface area contributed by atoms with Crippen LogP contribution in [0, 0.1) is 23.6 Å². The summed E-state index contributed by atoms with van der Waals surface area (Å²) in [7, 11) is 0. The molecule has 1 saturated carbocycles. The van der Waals surface area contributed by atoms with Gasteiger partial charge in [0.2, 0.25) is 0 Å². The summed E-state index contributed by atoms with van der Waals surface area (Å²) in [4.78, 5) is 23.7. The molecule has 116 valence electrons. The summed E-state index contributed by atoms with van der Waals surface area (Å²) in [6, 6.07) is 5.88. The predicted molar refractivity (Wildman–Crippen MR) is 78.0 cm³/mol. The summed E-state index contributed by atoms with van der Waals surface area (Å²) in [5, 5.41) is 2.65. The molecule has 0 unspecified atom stereocenters. The van der Waals surface area contributed by atoms with Gasteiger partial charge in [0.15, 0.2) is 6.61 Å². The smallest absolute Gasteiger partial charge is 0.310 e. The first-order valence-electron chi connectivity index (χ1n) is 7.48. The maximum atomic E-state index is 12.8. The summed E-state index contributed by atoms with van der Waals surface area (Å²) in [6.45, 7) is 0.0190. The Morgan fingerprint density at radius 1 is 1.18 bits per heavy atom. The second-order valence-electron chi connectivity index (χ2n) is 5.90. The molecule has 2 aliphatic carbocycles. The van der Waals surface area contributed by atoms with Crippen LogP contribution in [0.3, 0.4) is 0 Å². The third-order valence-corrected chi connectivity index (χ3v) is 4.33. The van der Waals surface area contributed by atoms with Crippen molar-refractivity contribution < 1.29 is 18.7 Å². The van der Waals surface area contributed by atoms with Crippen LogP contribution in [0.25, 0.3) is 0 Å². The summed E-state index contributed by atoms with van der Waals surface area (Å²) in [5.74, 6) is -0.274. The molecule has 0 aromatic heterocycles. The number of allylic oxidation sites excluding steroid dienone is 2. The molecule has 22 heavy (non-hydrogen) atoms. The van der Waals surface area contributed by atoms with E-state index in [1.54, 1.807) is 12.1 Å². The number of amides is 1. The maximum absolute atomic E-state index is 12.8. The van der Waals surface area contributed by atoms with Crippen LogP contribution in [0.4, 0.5) is 4.39 Å². The van der Waals surface area contributed by atoms with Crippen LogP contribution >= 0.6 is 0 Å². The normalized spacial score (nSPS) is 25.2. The molecule has 1 N–H and O–H groups in total. The highest BCUT2D eigenvalue weighted by Gasteiger charge is 2.40. The average molecular weight is 303 g/mol. The van der Waals surface area contributed by atoms with Gasteiger partial charge < -0.3 is 10.1 Å². The fourth-order valence-electron chi connectivity index (χ4n) is 3.15. The Morgan fingerprint density at radius 2 is 1.95 bits per heavy atom. The monoisotopic (exact) mass is 303 g/mol. The number of hydrogen-bond donors (Lipinski definition) is 1. The first-order valence-corrected chi connectivity index (χ1v) is 7.48. The molecule has 1 amide bonds. The third-order valence-electron chi connectivity index (χ3n) is 4.33. The largest absolute Gasteiger partial charge is 0.455 e. The molecule has 0 aliphatic heterocycles. The Bertz CT molecular complexity index is 596. The van der Waals surface area contributed by atoms with E-state index in [0.717, 1.165) is 18.4 Å². The number of ether oxygens (including phenoxy) is 1. The Morgan fingerprint density at radius 3 is 2.59 bits per heavy atom. The van der Waals surface area contributed by atoms with Crippen molar-refractivity contribution in [1.82, 2.24) is 5.32 Å². The van der Waals surface area contributed by atoms with E-state index in [9.17, 15) is 14.0 Å². The van der Waals surface area contributed by atoms with Crippen molar-refractivity contribution in [2.45, 2.75) is 19.4 Å². The van der Waals surface area contributed by atoms with E-state index in [1.807, 2.05) is 0 Å². The van der Waals surface area contributed by atoms with Gasteiger partial charge in [-0.05, 0) is 42.4 Å². The van der Waals surface area contributed by atoms with Crippen LogP contribution in [-0.4, -0.2) is 18.5 Å². The van der Waals surface area contributed by atoms with Gasteiger partial charge in [0.05, 0.1) is 5.92 Å². The third kappa shape index (κ3) is 3.35. The van der Waals surface area contributed by atoms with E-state index in [0.29, 0.717) is 5.92 Å². The molecular weight excluding hydrogens is 285 g/mol. The standard InChI is InChI=1S/C17H18FNO3/c18-14-5-2-11(3-6-14)9-19-16(20)10-22-17(21)15-8-12-1-4-13(15)7-12/h1-6,12-13,15H,7-10H2,(H,19,20)/t12-,13+,15-/m1/s1. The zero-order chi connectivity index (χ0) is 15.5. The van der Waals surface area contributed by atoms with Crippen LogP contribution in [0.15, 0.2) is 36.4 Å². The van der Waals surface area contributed by atoms with E-state index in [2.05, 4.69) is 17.5 Å². The minimum absolute atomic E-state index is 0.0973. The van der Waals surface area contributed by atoms with Crippen LogP contribution < -0.4 is 5.32 Å². The number of carbonyl (C=O) groups is 2. The number of benzene rings is 1. The molecule has 1 aromatic rings. The predicted octanol–water partition coefficient (Wildman–Crippen LogP) is 2.20. The molecule has 0 heterocycles. The second-order valence-corrected chi connectivity index (χ2v) is 5.90. The molecule has 4 nitrogen and oxygen atoms in total. The molecule has 0 spiro atoms. The van der Waals surface area contributed by atoms with Gasteiger partial charge >= 0.3 is 5.97 Å². The van der Waals surface area contributed by atoms with Crippen molar-refractivity contribution in [1.29, 1.82) is 0 Å². The van der Waals surface area contributed by atoms with E-state index >= 15 is 0 Å². The number of nitrogens with one attached hydrogen (secondary N) is 1. The number of fused-ring (bicyclic) bond motifs is 2. The van der Waals surface area contributed by atoms with Gasteiger partial charge in [-0.25, -0.2) is 4.39 Å². The topological polar surface area (TPSA) is 55.4 Å². The minimum atomic E-state index is -0.351. The van der Waals surface area contributed by atoms with Crippen molar-refractivity contribution in [3.63, 3.8) is 0 Å². The van der Waals surface area contributed by atoms with Crippen LogP contribution in [0.2, 0.25) is 0 Å². The molecule has 1 fully saturated rings. The molecule has 0 radical (unpaired) electrons. The Balaban J connectivity index is 1.40. The lowest BCUT2D eigenvalue weighted by Gasteiger charge is -2.16. The summed E-state index contributed by atoms with van der Waals surface area (Å²) < 4.78 is 17.9. The highest BCUT2D eigenvalue weighted by molar-refractivity contribution is 5.81. The molecule has 1 aromatic carbocycles. The number of hydrogen-bond acceptors (Lipinski definition) is 3. The van der Waals surface area contributed by atoms with Crippen LogP contribution in [0.1, 0.15) is 18.4 Å². The number of carbonyl (C=O) groups excluding carboxylic acids is 2. The molecule has 3 atom stereocenters. The Hall–Kier alpha value is -2.17. The first-order chi connectivity index (χ1) is 10.6. The van der Waals surface area contributed by atoms with E-state index in [4.69, 9.17) is 4.74 Å². The Kier molecular flexibility index (Phi) is 4.22. The first kappa shape index (κ1) is 14.8. The quantitative estimate of drug-likeness (QED) is 0.670. The molecule has 2 aliphatic rings. The molecule has 0 saturated heterocycles. The van der Waals surface area contributed by atoms with Crippen molar-refractivity contribution in [3.8, 4) is 0 Å². The lowest BCUT2D eigenvalue weighted by atomic mass is 9.94. The fraction of sp³-hybridized carbons (Fsp3) is 0.412. The van der Waals surface area contributed by atoms with Crippen molar-refractivity contribution in [2.75, 3.05) is 6.61 Å².